The van der Waals surface area contributed by atoms with Crippen LogP contribution < -0.4 is 10.1 Å². The number of amides is 1. The Labute approximate surface area is 208 Å². The van der Waals surface area contributed by atoms with Crippen LogP contribution in [0.2, 0.25) is 5.02 Å². The highest BCUT2D eigenvalue weighted by Crippen LogP contribution is 2.32. The third kappa shape index (κ3) is 5.58. The summed E-state index contributed by atoms with van der Waals surface area (Å²) < 4.78 is 33.4. The maximum Gasteiger partial charge on any atom is 0.253 e. The molecular weight excluding hydrogens is 472 g/mol. The quantitative estimate of drug-likeness (QED) is 0.523. The molecule has 0 aliphatic carbocycles. The molecule has 0 spiro atoms. The number of ether oxygens (including phenoxy) is 1. The van der Waals surface area contributed by atoms with Crippen LogP contribution >= 0.6 is 11.6 Å². The Bertz CT molecular complexity index is 1160. The molecule has 186 valence electrons. The lowest BCUT2D eigenvalue weighted by Gasteiger charge is -2.29. The Hall–Kier alpha value is -2.09. The van der Waals surface area contributed by atoms with Gasteiger partial charge in [-0.1, -0.05) is 32.4 Å². The third-order valence-electron chi connectivity index (χ3n) is 6.62. The van der Waals surface area contributed by atoms with Gasteiger partial charge in [0.15, 0.2) is 0 Å². The first-order chi connectivity index (χ1) is 15.9. The van der Waals surface area contributed by atoms with Gasteiger partial charge in [-0.25, -0.2) is 8.42 Å². The third-order valence-corrected chi connectivity index (χ3v) is 8.84. The number of carbonyl (C=O) groups is 1. The van der Waals surface area contributed by atoms with Crippen molar-refractivity contribution in [2.75, 3.05) is 20.2 Å². The molecule has 1 heterocycles. The maximum absolute atomic E-state index is 13.2. The van der Waals surface area contributed by atoms with Gasteiger partial charge in [0.05, 0.1) is 28.6 Å². The van der Waals surface area contributed by atoms with E-state index in [4.69, 9.17) is 16.3 Å². The molecule has 34 heavy (non-hydrogen) atoms. The monoisotopic (exact) mass is 506 g/mol. The number of hydrogen-bond donors (Lipinski definition) is 1. The SMILES string of the molecule is COc1cc(C)c([C@@H](C)NC(=O)c2cc(S(=O)(=O)N3CCC(C)CC3)ccc2Cl)cc1C(C)C. The summed E-state index contributed by atoms with van der Waals surface area (Å²) in [5, 5.41) is 3.20. The summed E-state index contributed by atoms with van der Waals surface area (Å²) >= 11 is 6.33. The molecule has 1 fully saturated rings. The number of aryl methyl sites for hydroxylation is 1. The lowest BCUT2D eigenvalue weighted by atomic mass is 9.93. The van der Waals surface area contributed by atoms with Crippen LogP contribution in [0, 0.1) is 12.8 Å². The predicted octanol–water partition coefficient (Wildman–Crippen LogP) is 5.69. The number of carbonyl (C=O) groups excluding carboxylic acids is 1. The average molecular weight is 507 g/mol. The fourth-order valence-electron chi connectivity index (χ4n) is 4.38. The van der Waals surface area contributed by atoms with E-state index in [2.05, 4.69) is 32.2 Å². The number of methoxy groups -OCH3 is 1. The lowest BCUT2D eigenvalue weighted by molar-refractivity contribution is 0.0939. The summed E-state index contributed by atoms with van der Waals surface area (Å²) in [5.41, 5.74) is 3.18. The minimum atomic E-state index is -3.69. The summed E-state index contributed by atoms with van der Waals surface area (Å²) in [5.74, 6) is 1.18. The minimum absolute atomic E-state index is 0.0898. The number of nitrogens with one attached hydrogen (secondary N) is 1. The van der Waals surface area contributed by atoms with Crippen LogP contribution in [0.3, 0.4) is 0 Å². The molecule has 2 aromatic rings. The molecule has 0 unspecified atom stereocenters. The van der Waals surface area contributed by atoms with Gasteiger partial charge in [-0.3, -0.25) is 4.79 Å². The summed E-state index contributed by atoms with van der Waals surface area (Å²) in [4.78, 5) is 13.3. The van der Waals surface area contributed by atoms with E-state index in [0.29, 0.717) is 19.0 Å². The van der Waals surface area contributed by atoms with E-state index in [9.17, 15) is 13.2 Å². The van der Waals surface area contributed by atoms with Crippen LogP contribution in [0.5, 0.6) is 5.75 Å². The highest BCUT2D eigenvalue weighted by molar-refractivity contribution is 7.89. The molecule has 0 radical (unpaired) electrons. The second-order valence-corrected chi connectivity index (χ2v) is 11.9. The molecule has 0 saturated carbocycles. The van der Waals surface area contributed by atoms with E-state index in [1.165, 1.54) is 22.5 Å². The topological polar surface area (TPSA) is 75.7 Å². The minimum Gasteiger partial charge on any atom is -0.496 e. The molecule has 1 saturated heterocycles. The van der Waals surface area contributed by atoms with Crippen LogP contribution in [0.15, 0.2) is 35.2 Å². The van der Waals surface area contributed by atoms with Gasteiger partial charge < -0.3 is 10.1 Å². The number of benzene rings is 2. The van der Waals surface area contributed by atoms with Gasteiger partial charge in [0.25, 0.3) is 5.91 Å². The van der Waals surface area contributed by atoms with Crippen molar-refractivity contribution in [3.8, 4) is 5.75 Å². The van der Waals surface area contributed by atoms with Gasteiger partial charge in [-0.15, -0.1) is 0 Å². The van der Waals surface area contributed by atoms with Crippen LogP contribution in [0.1, 0.15) is 79.5 Å². The van der Waals surface area contributed by atoms with E-state index in [-0.39, 0.29) is 27.4 Å². The molecule has 0 aromatic heterocycles. The van der Waals surface area contributed by atoms with Gasteiger partial charge in [-0.05, 0) is 85.5 Å². The Morgan fingerprint density at radius 2 is 1.76 bits per heavy atom. The van der Waals surface area contributed by atoms with Gasteiger partial charge in [0, 0.05) is 13.1 Å². The maximum atomic E-state index is 13.2. The van der Waals surface area contributed by atoms with E-state index in [0.717, 1.165) is 35.3 Å². The number of sulfonamides is 1. The molecule has 1 aliphatic heterocycles. The Kier molecular flexibility index (Phi) is 8.32. The molecule has 2 aromatic carbocycles. The number of piperidine rings is 1. The van der Waals surface area contributed by atoms with Gasteiger partial charge in [0.2, 0.25) is 10.0 Å². The van der Waals surface area contributed by atoms with Crippen LogP contribution in [-0.4, -0.2) is 38.8 Å². The van der Waals surface area contributed by atoms with E-state index < -0.39 is 15.9 Å². The molecule has 6 nitrogen and oxygen atoms in total. The zero-order valence-electron chi connectivity index (χ0n) is 20.8. The summed E-state index contributed by atoms with van der Waals surface area (Å²) in [7, 11) is -2.04. The predicted molar refractivity (Wildman–Crippen MR) is 136 cm³/mol. The molecular formula is C26H35ClN2O4S. The van der Waals surface area contributed by atoms with E-state index >= 15 is 0 Å². The van der Waals surface area contributed by atoms with Crippen molar-refractivity contribution in [3.63, 3.8) is 0 Å². The van der Waals surface area contributed by atoms with Crippen molar-refractivity contribution in [3.05, 3.63) is 57.6 Å². The van der Waals surface area contributed by atoms with Crippen molar-refractivity contribution < 1.29 is 17.9 Å². The van der Waals surface area contributed by atoms with Crippen molar-refractivity contribution >= 4 is 27.5 Å². The van der Waals surface area contributed by atoms with Crippen LogP contribution in [-0.2, 0) is 10.0 Å². The highest BCUT2D eigenvalue weighted by Gasteiger charge is 2.29. The van der Waals surface area contributed by atoms with Crippen molar-refractivity contribution in [1.29, 1.82) is 0 Å². The number of rotatable bonds is 7. The van der Waals surface area contributed by atoms with Crippen LogP contribution in [0.25, 0.3) is 0 Å². The van der Waals surface area contributed by atoms with Crippen LogP contribution in [0.4, 0.5) is 0 Å². The molecule has 0 bridgehead atoms. The second kappa shape index (κ2) is 10.7. The highest BCUT2D eigenvalue weighted by atomic mass is 35.5. The first-order valence-electron chi connectivity index (χ1n) is 11.7. The zero-order chi connectivity index (χ0) is 25.2. The number of hydrogen-bond acceptors (Lipinski definition) is 4. The summed E-state index contributed by atoms with van der Waals surface area (Å²) in [6.45, 7) is 11.2. The molecule has 8 heteroatoms. The average Bonchev–Trinajstić information content (AvgIpc) is 2.78. The Morgan fingerprint density at radius 1 is 1.12 bits per heavy atom. The Morgan fingerprint density at radius 3 is 2.35 bits per heavy atom. The zero-order valence-corrected chi connectivity index (χ0v) is 22.4. The molecule has 3 rings (SSSR count). The van der Waals surface area contributed by atoms with Crippen molar-refractivity contribution in [2.24, 2.45) is 5.92 Å². The normalized spacial score (nSPS) is 16.5. The number of halogens is 1. The molecule has 1 aliphatic rings. The van der Waals surface area contributed by atoms with E-state index in [1.54, 1.807) is 7.11 Å². The smallest absolute Gasteiger partial charge is 0.253 e. The fourth-order valence-corrected chi connectivity index (χ4v) is 6.08. The van der Waals surface area contributed by atoms with Crippen molar-refractivity contribution in [2.45, 2.75) is 64.3 Å². The molecule has 1 N–H and O–H groups in total. The van der Waals surface area contributed by atoms with Gasteiger partial charge in [0.1, 0.15) is 5.75 Å². The van der Waals surface area contributed by atoms with Gasteiger partial charge in [-0.2, -0.15) is 4.31 Å². The summed E-state index contributed by atoms with van der Waals surface area (Å²) in [6, 6.07) is 8.07. The fraction of sp³-hybridized carbons (Fsp3) is 0.500. The second-order valence-electron chi connectivity index (χ2n) is 9.53. The largest absolute Gasteiger partial charge is 0.496 e. The first-order valence-corrected chi connectivity index (χ1v) is 13.6. The first kappa shape index (κ1) is 26.5. The van der Waals surface area contributed by atoms with Crippen molar-refractivity contribution in [1.82, 2.24) is 9.62 Å². The lowest BCUT2D eigenvalue weighted by Crippen LogP contribution is -2.38. The summed E-state index contributed by atoms with van der Waals surface area (Å²) in [6.07, 6.45) is 1.66. The molecule has 1 amide bonds. The molecule has 1 atom stereocenters. The van der Waals surface area contributed by atoms with E-state index in [1.807, 2.05) is 19.9 Å². The van der Waals surface area contributed by atoms with Gasteiger partial charge >= 0.3 is 0 Å². The Balaban J connectivity index is 1.86. The standard InChI is InChI=1S/C26H35ClN2O4S/c1-16(2)21-15-22(18(4)13-25(21)33-6)19(5)28-26(30)23-14-20(7-8-24(23)27)34(31,32)29-11-9-17(3)10-12-29/h7-8,13-17,19H,9-12H2,1-6H3,(H,28,30)/t19-/m1/s1. The number of nitrogens with zero attached hydrogens (tertiary/aromatic N) is 1.